The third-order valence-electron chi connectivity index (χ3n) is 5.59. The number of amides is 2. The van der Waals surface area contributed by atoms with Gasteiger partial charge >= 0.3 is 0 Å². The number of hydrogen-bond acceptors (Lipinski definition) is 4. The zero-order chi connectivity index (χ0) is 21.8. The first-order chi connectivity index (χ1) is 15.1. The maximum atomic E-state index is 12.9. The number of nitrogens with one attached hydrogen (secondary N) is 1. The number of fused-ring (bicyclic) bond motifs is 1. The molecule has 0 aliphatic carbocycles. The molecule has 0 spiro atoms. The van der Waals surface area contributed by atoms with Gasteiger partial charge in [-0.3, -0.25) is 14.7 Å². The third kappa shape index (κ3) is 4.51. The summed E-state index contributed by atoms with van der Waals surface area (Å²) in [5, 5.41) is 8.44. The van der Waals surface area contributed by atoms with Crippen LogP contribution in [0.1, 0.15) is 28.5 Å². The van der Waals surface area contributed by atoms with Crippen LogP contribution in [0, 0.1) is 0 Å². The highest BCUT2D eigenvalue weighted by Crippen LogP contribution is 2.19. The Morgan fingerprint density at radius 3 is 2.65 bits per heavy atom. The molecule has 7 nitrogen and oxygen atoms in total. The van der Waals surface area contributed by atoms with Crippen molar-refractivity contribution in [3.8, 4) is 0 Å². The zero-order valence-electron chi connectivity index (χ0n) is 17.7. The molecule has 2 aromatic carbocycles. The van der Waals surface area contributed by atoms with E-state index < -0.39 is 0 Å². The highest BCUT2D eigenvalue weighted by Gasteiger charge is 2.29. The fourth-order valence-corrected chi connectivity index (χ4v) is 3.93. The van der Waals surface area contributed by atoms with E-state index in [1.807, 2.05) is 72.5 Å². The van der Waals surface area contributed by atoms with E-state index in [2.05, 4.69) is 10.2 Å². The minimum atomic E-state index is -0.0390. The van der Waals surface area contributed by atoms with Crippen molar-refractivity contribution in [1.82, 2.24) is 20.0 Å². The van der Waals surface area contributed by atoms with Crippen LogP contribution in [0.5, 0.6) is 0 Å². The van der Waals surface area contributed by atoms with Crippen LogP contribution in [-0.4, -0.2) is 71.2 Å². The van der Waals surface area contributed by atoms with Crippen molar-refractivity contribution >= 4 is 34.9 Å². The summed E-state index contributed by atoms with van der Waals surface area (Å²) in [5.74, 6) is -0.0533. The molecule has 2 amide bonds. The molecule has 0 saturated carbocycles. The van der Waals surface area contributed by atoms with Gasteiger partial charge in [0.2, 0.25) is 5.91 Å². The van der Waals surface area contributed by atoms with E-state index in [0.29, 0.717) is 25.2 Å². The molecule has 31 heavy (non-hydrogen) atoms. The second-order valence-electron chi connectivity index (χ2n) is 7.73. The molecule has 1 aliphatic rings. The second kappa shape index (κ2) is 9.14. The fourth-order valence-electron chi connectivity index (χ4n) is 3.93. The van der Waals surface area contributed by atoms with Crippen molar-refractivity contribution in [3.63, 3.8) is 0 Å². The summed E-state index contributed by atoms with van der Waals surface area (Å²) in [7, 11) is 1.51. The van der Waals surface area contributed by atoms with Crippen molar-refractivity contribution < 1.29 is 14.3 Å². The van der Waals surface area contributed by atoms with Gasteiger partial charge in [0.25, 0.3) is 5.91 Å². The predicted molar refractivity (Wildman–Crippen MR) is 120 cm³/mol. The molecule has 1 N–H and O–H groups in total. The molecular weight excluding hydrogens is 392 g/mol. The van der Waals surface area contributed by atoms with E-state index in [-0.39, 0.29) is 24.5 Å². The van der Waals surface area contributed by atoms with Crippen molar-refractivity contribution in [1.29, 1.82) is 0 Å². The summed E-state index contributed by atoms with van der Waals surface area (Å²) >= 11 is 0. The molecule has 0 bridgehead atoms. The number of carbonyl (C=O) groups is 2. The first kappa shape index (κ1) is 20.8. The Hall–Kier alpha value is -3.45. The van der Waals surface area contributed by atoms with Gasteiger partial charge in [-0.15, -0.1) is 0 Å². The quantitative estimate of drug-likeness (QED) is 0.691. The Labute approximate surface area is 181 Å². The van der Waals surface area contributed by atoms with Crippen LogP contribution in [0.25, 0.3) is 23.1 Å². The summed E-state index contributed by atoms with van der Waals surface area (Å²) in [6.45, 7) is 3.59. The largest absolute Gasteiger partial charge is 0.375 e. The maximum absolute atomic E-state index is 12.9. The average molecular weight is 418 g/mol. The molecule has 0 unspecified atom stereocenters. The first-order valence-corrected chi connectivity index (χ1v) is 10.4. The van der Waals surface area contributed by atoms with Gasteiger partial charge in [0.1, 0.15) is 6.61 Å². The van der Waals surface area contributed by atoms with Crippen LogP contribution in [0.4, 0.5) is 0 Å². The second-order valence-corrected chi connectivity index (χ2v) is 7.73. The normalized spacial score (nSPS) is 16.9. The van der Waals surface area contributed by atoms with E-state index in [1.165, 1.54) is 7.11 Å². The molecule has 1 saturated heterocycles. The maximum Gasteiger partial charge on any atom is 0.253 e. The molecule has 1 aromatic heterocycles. The van der Waals surface area contributed by atoms with Crippen molar-refractivity contribution in [2.75, 3.05) is 33.4 Å². The molecule has 1 fully saturated rings. The lowest BCUT2D eigenvalue weighted by atomic mass is 10.1. The number of nitrogens with zero attached hydrogens (tertiary/aromatic N) is 3. The lowest BCUT2D eigenvalue weighted by Gasteiger charge is -2.39. The van der Waals surface area contributed by atoms with Gasteiger partial charge in [0.15, 0.2) is 0 Å². The van der Waals surface area contributed by atoms with E-state index >= 15 is 0 Å². The third-order valence-corrected chi connectivity index (χ3v) is 5.59. The summed E-state index contributed by atoms with van der Waals surface area (Å²) in [6, 6.07) is 15.5. The minimum Gasteiger partial charge on any atom is -0.375 e. The van der Waals surface area contributed by atoms with Gasteiger partial charge in [-0.2, -0.15) is 5.10 Å². The highest BCUT2D eigenvalue weighted by atomic mass is 16.5. The highest BCUT2D eigenvalue weighted by molar-refractivity contribution is 5.95. The monoisotopic (exact) mass is 418 g/mol. The number of ether oxygens (including phenoxy) is 1. The number of methoxy groups -OCH3 is 1. The van der Waals surface area contributed by atoms with Crippen LogP contribution < -0.4 is 0 Å². The number of aromatic nitrogens is 2. The SMILES string of the molecule is COCC(=O)N1CCN(C(=O)c2ccc(/C=C/c3n[nH]c4ccccc34)cc2)C[C@@H]1C. The van der Waals surface area contributed by atoms with Crippen LogP contribution in [0.3, 0.4) is 0 Å². The number of hydrogen-bond donors (Lipinski definition) is 1. The number of benzene rings is 2. The smallest absolute Gasteiger partial charge is 0.253 e. The summed E-state index contributed by atoms with van der Waals surface area (Å²) in [4.78, 5) is 28.6. The standard InChI is InChI=1S/C24H26N4O3/c1-17-15-27(13-14-28(17)23(29)16-31-2)24(30)19-10-7-18(8-11-19)9-12-22-20-5-3-4-6-21(20)25-26-22/h3-12,17H,13-16H2,1-2H3,(H,25,26)/b12-9+/t17-/m0/s1. The van der Waals surface area contributed by atoms with E-state index in [1.54, 1.807) is 4.90 Å². The van der Waals surface area contributed by atoms with Gasteiger partial charge in [0.05, 0.1) is 11.2 Å². The van der Waals surface area contributed by atoms with Gasteiger partial charge in [-0.1, -0.05) is 36.4 Å². The molecular formula is C24H26N4O3. The van der Waals surface area contributed by atoms with Crippen molar-refractivity contribution in [3.05, 3.63) is 65.4 Å². The Balaban J connectivity index is 1.40. The van der Waals surface area contributed by atoms with Crippen molar-refractivity contribution in [2.24, 2.45) is 0 Å². The van der Waals surface area contributed by atoms with Crippen LogP contribution in [-0.2, 0) is 9.53 Å². The molecule has 2 heterocycles. The van der Waals surface area contributed by atoms with Gasteiger partial charge in [-0.25, -0.2) is 0 Å². The molecule has 7 heteroatoms. The number of rotatable bonds is 5. The van der Waals surface area contributed by atoms with Gasteiger partial charge in [-0.05, 0) is 36.8 Å². The topological polar surface area (TPSA) is 78.5 Å². The number of para-hydroxylation sites is 1. The molecule has 0 radical (unpaired) electrons. The Morgan fingerprint density at radius 2 is 1.90 bits per heavy atom. The van der Waals surface area contributed by atoms with Gasteiger partial charge < -0.3 is 14.5 Å². The Morgan fingerprint density at radius 1 is 1.13 bits per heavy atom. The van der Waals surface area contributed by atoms with E-state index in [9.17, 15) is 9.59 Å². The fraction of sp³-hybridized carbons (Fsp3) is 0.292. The molecule has 3 aromatic rings. The summed E-state index contributed by atoms with van der Waals surface area (Å²) in [6.07, 6.45) is 3.95. The minimum absolute atomic E-state index is 0.0143. The molecule has 160 valence electrons. The lowest BCUT2D eigenvalue weighted by Crippen LogP contribution is -2.56. The van der Waals surface area contributed by atoms with E-state index in [0.717, 1.165) is 22.2 Å². The Kier molecular flexibility index (Phi) is 6.13. The Bertz CT molecular complexity index is 1100. The van der Waals surface area contributed by atoms with Crippen LogP contribution in [0.2, 0.25) is 0 Å². The van der Waals surface area contributed by atoms with E-state index in [4.69, 9.17) is 4.74 Å². The number of carbonyl (C=O) groups excluding carboxylic acids is 2. The summed E-state index contributed by atoms with van der Waals surface area (Å²) < 4.78 is 4.94. The molecule has 4 rings (SSSR count). The predicted octanol–water partition coefficient (Wildman–Crippen LogP) is 3.05. The zero-order valence-corrected chi connectivity index (χ0v) is 17.7. The number of aromatic amines is 1. The average Bonchev–Trinajstić information content (AvgIpc) is 3.21. The van der Waals surface area contributed by atoms with Gasteiger partial charge in [0, 0.05) is 43.7 Å². The van der Waals surface area contributed by atoms with Crippen molar-refractivity contribution in [2.45, 2.75) is 13.0 Å². The van der Waals surface area contributed by atoms with Crippen LogP contribution >= 0.6 is 0 Å². The first-order valence-electron chi connectivity index (χ1n) is 10.4. The summed E-state index contributed by atoms with van der Waals surface area (Å²) in [5.41, 5.74) is 3.52. The lowest BCUT2D eigenvalue weighted by molar-refractivity contribution is -0.139. The number of piperazine rings is 1. The molecule has 1 atom stereocenters. The molecule has 1 aliphatic heterocycles. The van der Waals surface area contributed by atoms with Crippen LogP contribution in [0.15, 0.2) is 48.5 Å². The number of H-pyrrole nitrogens is 1.